The van der Waals surface area contributed by atoms with Crippen LogP contribution in [0.1, 0.15) is 36.5 Å². The number of carbonyl (C=O) groups is 1. The normalized spacial score (nSPS) is 11.3. The van der Waals surface area contributed by atoms with E-state index in [1.807, 2.05) is 75.0 Å². The summed E-state index contributed by atoms with van der Waals surface area (Å²) >= 11 is 1.38. The Bertz CT molecular complexity index is 1360. The largest absolute Gasteiger partial charge is 0.343 e. The number of aromatic nitrogens is 4. The maximum Gasteiger partial charge on any atom is 0.268 e. The fourth-order valence-electron chi connectivity index (χ4n) is 4.01. The van der Waals surface area contributed by atoms with E-state index >= 15 is 0 Å². The molecular weight excluding hydrogens is 422 g/mol. The highest BCUT2D eigenvalue weighted by Crippen LogP contribution is 2.24. The molecular formula is C24H27N5O2S. The Balaban J connectivity index is 1.83. The summed E-state index contributed by atoms with van der Waals surface area (Å²) in [6.07, 6.45) is 0.169. The molecule has 32 heavy (non-hydrogen) atoms. The van der Waals surface area contributed by atoms with Crippen molar-refractivity contribution in [3.05, 3.63) is 68.7 Å². The third-order valence-electron chi connectivity index (χ3n) is 5.76. The maximum absolute atomic E-state index is 13.6. The van der Waals surface area contributed by atoms with Crippen molar-refractivity contribution in [3.8, 4) is 16.9 Å². The smallest absolute Gasteiger partial charge is 0.268 e. The van der Waals surface area contributed by atoms with Crippen molar-refractivity contribution >= 4 is 22.2 Å². The molecule has 0 aliphatic heterocycles. The van der Waals surface area contributed by atoms with Gasteiger partial charge in [-0.3, -0.25) is 14.0 Å². The third-order valence-corrected chi connectivity index (χ3v) is 6.63. The van der Waals surface area contributed by atoms with Crippen LogP contribution in [-0.4, -0.2) is 43.1 Å². The van der Waals surface area contributed by atoms with Gasteiger partial charge in [0.05, 0.1) is 23.4 Å². The SMILES string of the molecule is CCN(CC)C(=O)Cc1csc2nc(C)c(-c3cc(C)n(-c4ccccc4C)n3)c(=O)n12. The van der Waals surface area contributed by atoms with Crippen molar-refractivity contribution in [3.63, 3.8) is 0 Å². The first-order chi connectivity index (χ1) is 15.3. The van der Waals surface area contributed by atoms with E-state index < -0.39 is 0 Å². The first-order valence-electron chi connectivity index (χ1n) is 10.8. The Morgan fingerprint density at radius 2 is 1.84 bits per heavy atom. The molecule has 0 saturated carbocycles. The van der Waals surface area contributed by atoms with Crippen molar-refractivity contribution in [2.24, 2.45) is 0 Å². The van der Waals surface area contributed by atoms with Gasteiger partial charge < -0.3 is 4.90 Å². The van der Waals surface area contributed by atoms with Crippen LogP contribution in [0.4, 0.5) is 0 Å². The minimum atomic E-state index is -0.189. The molecule has 166 valence electrons. The van der Waals surface area contributed by atoms with E-state index in [-0.39, 0.29) is 17.9 Å². The van der Waals surface area contributed by atoms with Gasteiger partial charge in [0.1, 0.15) is 5.69 Å². The summed E-state index contributed by atoms with van der Waals surface area (Å²) in [5.74, 6) is 0.00315. The van der Waals surface area contributed by atoms with Crippen molar-refractivity contribution in [2.75, 3.05) is 13.1 Å². The lowest BCUT2D eigenvalue weighted by molar-refractivity contribution is -0.130. The number of amides is 1. The average molecular weight is 450 g/mol. The molecule has 4 aromatic rings. The number of para-hydroxylation sites is 1. The number of aryl methyl sites for hydroxylation is 3. The molecule has 0 unspecified atom stereocenters. The van der Waals surface area contributed by atoms with E-state index in [0.717, 1.165) is 16.9 Å². The lowest BCUT2D eigenvalue weighted by Crippen LogP contribution is -2.32. The molecule has 0 saturated heterocycles. The average Bonchev–Trinajstić information content (AvgIpc) is 3.32. The van der Waals surface area contributed by atoms with Gasteiger partial charge in [-0.25, -0.2) is 9.67 Å². The molecule has 0 atom stereocenters. The molecule has 7 nitrogen and oxygen atoms in total. The van der Waals surface area contributed by atoms with Gasteiger partial charge in [0.15, 0.2) is 4.96 Å². The number of rotatable bonds is 6. The number of nitrogens with zero attached hydrogens (tertiary/aromatic N) is 5. The summed E-state index contributed by atoms with van der Waals surface area (Å²) < 4.78 is 3.42. The minimum Gasteiger partial charge on any atom is -0.343 e. The van der Waals surface area contributed by atoms with Crippen LogP contribution in [0.3, 0.4) is 0 Å². The number of likely N-dealkylation sites (N-methyl/N-ethyl adjacent to an activating group) is 1. The quantitative estimate of drug-likeness (QED) is 0.447. The number of carbonyl (C=O) groups excluding carboxylic acids is 1. The highest BCUT2D eigenvalue weighted by atomic mass is 32.1. The summed E-state index contributed by atoms with van der Waals surface area (Å²) in [7, 11) is 0. The fourth-order valence-corrected chi connectivity index (χ4v) is 4.93. The minimum absolute atomic E-state index is 0.00315. The number of fused-ring (bicyclic) bond motifs is 1. The molecule has 0 aliphatic carbocycles. The second-order valence-corrected chi connectivity index (χ2v) is 8.67. The molecule has 3 aromatic heterocycles. The summed E-state index contributed by atoms with van der Waals surface area (Å²) in [4.78, 5) is 33.3. The Labute approximate surface area is 191 Å². The van der Waals surface area contributed by atoms with E-state index in [1.165, 1.54) is 11.3 Å². The van der Waals surface area contributed by atoms with Gasteiger partial charge in [0, 0.05) is 29.9 Å². The van der Waals surface area contributed by atoms with E-state index in [1.54, 1.807) is 9.30 Å². The van der Waals surface area contributed by atoms with Gasteiger partial charge in [-0.15, -0.1) is 11.3 Å². The molecule has 1 aromatic carbocycles. The van der Waals surface area contributed by atoms with Crippen molar-refractivity contribution in [1.29, 1.82) is 0 Å². The highest BCUT2D eigenvalue weighted by molar-refractivity contribution is 7.15. The maximum atomic E-state index is 13.6. The van der Waals surface area contributed by atoms with Crippen molar-refractivity contribution < 1.29 is 4.79 Å². The van der Waals surface area contributed by atoms with Gasteiger partial charge in [-0.05, 0) is 52.3 Å². The zero-order valence-electron chi connectivity index (χ0n) is 19.0. The van der Waals surface area contributed by atoms with Gasteiger partial charge in [-0.2, -0.15) is 5.10 Å². The van der Waals surface area contributed by atoms with Gasteiger partial charge in [-0.1, -0.05) is 18.2 Å². The fraction of sp³-hybridized carbons (Fsp3) is 0.333. The monoisotopic (exact) mass is 449 g/mol. The molecule has 0 N–H and O–H groups in total. The Morgan fingerprint density at radius 1 is 1.12 bits per heavy atom. The van der Waals surface area contributed by atoms with Gasteiger partial charge >= 0.3 is 0 Å². The standard InChI is InChI=1S/C24H27N5O2S/c1-6-27(7-2)21(30)13-18-14-32-24-25-17(5)22(23(31)28(18)24)19-12-16(4)29(26-19)20-11-9-8-10-15(20)3/h8-12,14H,6-7,13H2,1-5H3. The molecule has 0 fully saturated rings. The second kappa shape index (κ2) is 8.70. The number of thiazole rings is 1. The first-order valence-corrected chi connectivity index (χ1v) is 11.6. The predicted octanol–water partition coefficient (Wildman–Crippen LogP) is 3.94. The van der Waals surface area contributed by atoms with Crippen LogP contribution >= 0.6 is 11.3 Å². The molecule has 0 aliphatic rings. The van der Waals surface area contributed by atoms with Gasteiger partial charge in [0.2, 0.25) is 5.91 Å². The number of benzene rings is 1. The first kappa shape index (κ1) is 22.0. The van der Waals surface area contributed by atoms with E-state index in [2.05, 4.69) is 4.98 Å². The summed E-state index contributed by atoms with van der Waals surface area (Å²) in [5, 5.41) is 6.61. The van der Waals surface area contributed by atoms with Crippen molar-refractivity contribution in [1.82, 2.24) is 24.1 Å². The van der Waals surface area contributed by atoms with Crippen LogP contribution in [0.15, 0.2) is 40.5 Å². The van der Waals surface area contributed by atoms with Crippen LogP contribution in [0.25, 0.3) is 21.9 Å². The molecule has 1 amide bonds. The summed E-state index contributed by atoms with van der Waals surface area (Å²) in [5.41, 5.74) is 5.16. The molecule has 0 bridgehead atoms. The van der Waals surface area contributed by atoms with Gasteiger partial charge in [0.25, 0.3) is 5.56 Å². The lowest BCUT2D eigenvalue weighted by atomic mass is 10.1. The van der Waals surface area contributed by atoms with E-state index in [4.69, 9.17) is 5.10 Å². The molecule has 0 radical (unpaired) electrons. The third kappa shape index (κ3) is 3.75. The second-order valence-electron chi connectivity index (χ2n) is 7.83. The van der Waals surface area contributed by atoms with E-state index in [0.29, 0.717) is 40.7 Å². The Morgan fingerprint density at radius 3 is 2.53 bits per heavy atom. The predicted molar refractivity (Wildman–Crippen MR) is 128 cm³/mol. The zero-order valence-corrected chi connectivity index (χ0v) is 19.9. The van der Waals surface area contributed by atoms with Crippen LogP contribution in [-0.2, 0) is 11.2 Å². The summed E-state index contributed by atoms with van der Waals surface area (Å²) in [6.45, 7) is 11.0. The Kier molecular flexibility index (Phi) is 5.97. The van der Waals surface area contributed by atoms with Crippen LogP contribution in [0.2, 0.25) is 0 Å². The molecule has 0 spiro atoms. The topological polar surface area (TPSA) is 72.5 Å². The molecule has 4 rings (SSSR count). The van der Waals surface area contributed by atoms with Crippen molar-refractivity contribution in [2.45, 2.75) is 41.0 Å². The van der Waals surface area contributed by atoms with E-state index in [9.17, 15) is 9.59 Å². The van der Waals surface area contributed by atoms with Crippen LogP contribution < -0.4 is 5.56 Å². The highest BCUT2D eigenvalue weighted by Gasteiger charge is 2.21. The van der Waals surface area contributed by atoms with Crippen LogP contribution in [0.5, 0.6) is 0 Å². The molecule has 3 heterocycles. The Hall–Kier alpha value is -3.26. The number of hydrogen-bond donors (Lipinski definition) is 0. The zero-order chi connectivity index (χ0) is 23.0. The molecule has 8 heteroatoms. The van der Waals surface area contributed by atoms with Crippen LogP contribution in [0, 0.1) is 20.8 Å². The summed E-state index contributed by atoms with van der Waals surface area (Å²) in [6, 6.07) is 9.92. The lowest BCUT2D eigenvalue weighted by Gasteiger charge is -2.18. The number of hydrogen-bond acceptors (Lipinski definition) is 5.